The second-order valence-electron chi connectivity index (χ2n) is 5.56. The van der Waals surface area contributed by atoms with Gasteiger partial charge >= 0.3 is 0 Å². The predicted octanol–water partition coefficient (Wildman–Crippen LogP) is 4.76. The highest BCUT2D eigenvalue weighted by molar-refractivity contribution is 8.02. The van der Waals surface area contributed by atoms with E-state index < -0.39 is 0 Å². The van der Waals surface area contributed by atoms with Gasteiger partial charge in [0.1, 0.15) is 0 Å². The number of nitrogens with one attached hydrogen (secondary N) is 2. The molecule has 2 N–H and O–H groups in total. The first-order valence-corrected chi connectivity index (χ1v) is 10.1. The zero-order valence-electron chi connectivity index (χ0n) is 14.6. The van der Waals surface area contributed by atoms with Gasteiger partial charge in [0.15, 0.2) is 4.34 Å². The Bertz CT molecular complexity index is 867. The number of carbonyl (C=O) groups excluding carboxylic acids is 1. The highest BCUT2D eigenvalue weighted by Gasteiger charge is 2.18. The lowest BCUT2D eigenvalue weighted by molar-refractivity contribution is -0.115. The molecule has 2 aromatic carbocycles. The van der Waals surface area contributed by atoms with Gasteiger partial charge in [-0.05, 0) is 25.5 Å². The summed E-state index contributed by atoms with van der Waals surface area (Å²) in [5.41, 5.74) is 2.88. The standard InChI is InChI=1S/C19H20N4OS2/c1-3-20-18-22-23-19(26-18)25-13(2)17(24)21-16-12-8-7-11-15(16)14-9-5-4-6-10-14/h4-13H,3H2,1-2H3,(H,20,22)(H,21,24)/t13-/m0/s1. The van der Waals surface area contributed by atoms with E-state index in [0.29, 0.717) is 0 Å². The number of rotatable bonds is 7. The van der Waals surface area contributed by atoms with Crippen LogP contribution in [0.5, 0.6) is 0 Å². The highest BCUT2D eigenvalue weighted by Crippen LogP contribution is 2.31. The summed E-state index contributed by atoms with van der Waals surface area (Å²) in [6, 6.07) is 17.9. The van der Waals surface area contributed by atoms with E-state index in [4.69, 9.17) is 0 Å². The van der Waals surface area contributed by atoms with Crippen molar-refractivity contribution in [3.63, 3.8) is 0 Å². The van der Waals surface area contributed by atoms with Gasteiger partial charge in [0.2, 0.25) is 11.0 Å². The van der Waals surface area contributed by atoms with Crippen LogP contribution in [0.25, 0.3) is 11.1 Å². The third kappa shape index (κ3) is 4.62. The van der Waals surface area contributed by atoms with E-state index >= 15 is 0 Å². The molecule has 0 aliphatic carbocycles. The minimum Gasteiger partial charge on any atom is -0.360 e. The SMILES string of the molecule is CCNc1nnc(S[C@@H](C)C(=O)Nc2ccccc2-c2ccccc2)s1. The first-order chi connectivity index (χ1) is 12.7. The van der Waals surface area contributed by atoms with Crippen LogP contribution in [-0.4, -0.2) is 27.9 Å². The molecule has 1 atom stereocenters. The Balaban J connectivity index is 1.69. The van der Waals surface area contributed by atoms with Crippen LogP contribution >= 0.6 is 23.1 Å². The molecule has 0 saturated carbocycles. The average molecular weight is 385 g/mol. The molecule has 1 amide bonds. The third-order valence-electron chi connectivity index (χ3n) is 3.65. The van der Waals surface area contributed by atoms with E-state index in [9.17, 15) is 4.79 Å². The summed E-state index contributed by atoms with van der Waals surface area (Å²) in [6.45, 7) is 4.68. The molecule has 134 valence electrons. The Morgan fingerprint density at radius 2 is 1.85 bits per heavy atom. The van der Waals surface area contributed by atoms with E-state index in [1.165, 1.54) is 23.1 Å². The van der Waals surface area contributed by atoms with Crippen LogP contribution in [0.3, 0.4) is 0 Å². The molecule has 0 bridgehead atoms. The number of para-hydroxylation sites is 1. The molecule has 7 heteroatoms. The maximum Gasteiger partial charge on any atom is 0.237 e. The second-order valence-corrected chi connectivity index (χ2v) is 8.13. The Kier molecular flexibility index (Phi) is 6.25. The number of hydrogen-bond donors (Lipinski definition) is 2. The second kappa shape index (κ2) is 8.82. The molecule has 0 aliphatic heterocycles. The zero-order chi connectivity index (χ0) is 18.4. The fourth-order valence-electron chi connectivity index (χ4n) is 2.38. The number of carbonyl (C=O) groups is 1. The van der Waals surface area contributed by atoms with Crippen LogP contribution in [0, 0.1) is 0 Å². The minimum absolute atomic E-state index is 0.0569. The number of hydrogen-bond acceptors (Lipinski definition) is 6. The van der Waals surface area contributed by atoms with Gasteiger partial charge < -0.3 is 10.6 Å². The van der Waals surface area contributed by atoms with E-state index in [1.54, 1.807) is 0 Å². The minimum atomic E-state index is -0.277. The Hall–Kier alpha value is -2.38. The summed E-state index contributed by atoms with van der Waals surface area (Å²) < 4.78 is 0.778. The van der Waals surface area contributed by atoms with Gasteiger partial charge in [0.25, 0.3) is 0 Å². The highest BCUT2D eigenvalue weighted by atomic mass is 32.2. The average Bonchev–Trinajstić information content (AvgIpc) is 3.10. The normalized spacial score (nSPS) is 11.8. The van der Waals surface area contributed by atoms with Crippen LogP contribution in [0.1, 0.15) is 13.8 Å². The maximum atomic E-state index is 12.6. The fraction of sp³-hybridized carbons (Fsp3) is 0.211. The number of aromatic nitrogens is 2. The summed E-state index contributed by atoms with van der Waals surface area (Å²) in [7, 11) is 0. The van der Waals surface area contributed by atoms with Gasteiger partial charge in [-0.3, -0.25) is 4.79 Å². The molecular weight excluding hydrogens is 364 g/mol. The number of anilines is 2. The molecule has 26 heavy (non-hydrogen) atoms. The van der Waals surface area contributed by atoms with Crippen LogP contribution in [0.4, 0.5) is 10.8 Å². The Morgan fingerprint density at radius 1 is 1.12 bits per heavy atom. The molecule has 3 rings (SSSR count). The third-order valence-corrected chi connectivity index (χ3v) is 5.72. The first kappa shape index (κ1) is 18.4. The molecule has 1 heterocycles. The van der Waals surface area contributed by atoms with Crippen molar-refractivity contribution in [1.29, 1.82) is 0 Å². The predicted molar refractivity (Wildman–Crippen MR) is 110 cm³/mol. The first-order valence-electron chi connectivity index (χ1n) is 8.36. The summed E-state index contributed by atoms with van der Waals surface area (Å²) >= 11 is 2.87. The van der Waals surface area contributed by atoms with Gasteiger partial charge in [-0.25, -0.2) is 0 Å². The lowest BCUT2D eigenvalue weighted by Gasteiger charge is -2.14. The van der Waals surface area contributed by atoms with Crippen molar-refractivity contribution in [1.82, 2.24) is 10.2 Å². The van der Waals surface area contributed by atoms with E-state index in [2.05, 4.69) is 20.8 Å². The number of thioether (sulfide) groups is 1. The van der Waals surface area contributed by atoms with Gasteiger partial charge in [0.05, 0.1) is 5.25 Å². The molecular formula is C19H20N4OS2. The monoisotopic (exact) mass is 384 g/mol. The van der Waals surface area contributed by atoms with Gasteiger partial charge in [-0.1, -0.05) is 71.6 Å². The van der Waals surface area contributed by atoms with Crippen molar-refractivity contribution in [3.8, 4) is 11.1 Å². The Morgan fingerprint density at radius 3 is 2.62 bits per heavy atom. The molecule has 0 fully saturated rings. The van der Waals surface area contributed by atoms with Crippen molar-refractivity contribution >= 4 is 39.8 Å². The van der Waals surface area contributed by atoms with Crippen LogP contribution in [0.15, 0.2) is 58.9 Å². The summed E-state index contributed by atoms with van der Waals surface area (Å²) in [5, 5.41) is 14.8. The van der Waals surface area contributed by atoms with E-state index in [0.717, 1.165) is 32.8 Å². The quantitative estimate of drug-likeness (QED) is 0.575. The summed E-state index contributed by atoms with van der Waals surface area (Å²) in [4.78, 5) is 12.6. The molecule has 0 saturated heterocycles. The van der Waals surface area contributed by atoms with Gasteiger partial charge in [-0.15, -0.1) is 10.2 Å². The van der Waals surface area contributed by atoms with Crippen molar-refractivity contribution in [2.75, 3.05) is 17.2 Å². The topological polar surface area (TPSA) is 66.9 Å². The van der Waals surface area contributed by atoms with Crippen molar-refractivity contribution < 1.29 is 4.79 Å². The molecule has 1 aromatic heterocycles. The van der Waals surface area contributed by atoms with Crippen LogP contribution in [-0.2, 0) is 4.79 Å². The van der Waals surface area contributed by atoms with Crippen molar-refractivity contribution in [3.05, 3.63) is 54.6 Å². The molecule has 3 aromatic rings. The number of benzene rings is 2. The lowest BCUT2D eigenvalue weighted by atomic mass is 10.0. The molecule has 5 nitrogen and oxygen atoms in total. The smallest absolute Gasteiger partial charge is 0.237 e. The lowest BCUT2D eigenvalue weighted by Crippen LogP contribution is -2.22. The van der Waals surface area contributed by atoms with E-state index in [1.807, 2.05) is 68.4 Å². The summed E-state index contributed by atoms with van der Waals surface area (Å²) in [5.74, 6) is -0.0569. The fourth-order valence-corrected chi connectivity index (χ4v) is 4.34. The molecule has 0 unspecified atom stereocenters. The number of nitrogens with zero attached hydrogens (tertiary/aromatic N) is 2. The van der Waals surface area contributed by atoms with E-state index in [-0.39, 0.29) is 11.2 Å². The van der Waals surface area contributed by atoms with Crippen molar-refractivity contribution in [2.24, 2.45) is 0 Å². The maximum absolute atomic E-state index is 12.6. The molecule has 0 radical (unpaired) electrons. The van der Waals surface area contributed by atoms with Crippen LogP contribution < -0.4 is 10.6 Å². The van der Waals surface area contributed by atoms with Gasteiger partial charge in [-0.2, -0.15) is 0 Å². The number of amides is 1. The van der Waals surface area contributed by atoms with Crippen LogP contribution in [0.2, 0.25) is 0 Å². The molecule has 0 spiro atoms. The van der Waals surface area contributed by atoms with Gasteiger partial charge in [0, 0.05) is 17.8 Å². The Labute approximate surface area is 161 Å². The largest absolute Gasteiger partial charge is 0.360 e. The molecule has 0 aliphatic rings. The zero-order valence-corrected chi connectivity index (χ0v) is 16.2. The summed E-state index contributed by atoms with van der Waals surface area (Å²) in [6.07, 6.45) is 0. The van der Waals surface area contributed by atoms with Crippen molar-refractivity contribution in [2.45, 2.75) is 23.4 Å².